The fourth-order valence-electron chi connectivity index (χ4n) is 2.00. The molecule has 0 fully saturated rings. The van der Waals surface area contributed by atoms with Gasteiger partial charge in [-0.1, -0.05) is 0 Å². The lowest BCUT2D eigenvalue weighted by Crippen LogP contribution is -1.99. The van der Waals surface area contributed by atoms with Gasteiger partial charge in [0.05, 0.1) is 16.3 Å². The third-order valence-corrected chi connectivity index (χ3v) is 4.04. The predicted octanol–water partition coefficient (Wildman–Crippen LogP) is 3.95. The average molecular weight is 339 g/mol. The summed E-state index contributed by atoms with van der Waals surface area (Å²) in [7, 11) is 0. The molecule has 0 atom stereocenters. The lowest BCUT2D eigenvalue weighted by Gasteiger charge is -2.00. The molecular weight excluding hydrogens is 326 g/mol. The molecule has 0 spiro atoms. The van der Waals surface area contributed by atoms with Crippen molar-refractivity contribution >= 4 is 27.9 Å². The minimum absolute atomic E-state index is 0.0601. The molecule has 0 aliphatic carbocycles. The summed E-state index contributed by atoms with van der Waals surface area (Å²) in [4.78, 5) is 18.7. The van der Waals surface area contributed by atoms with Crippen LogP contribution in [-0.2, 0) is 0 Å². The highest BCUT2D eigenvalue weighted by molar-refractivity contribution is 7.14. The number of benzene rings is 1. The van der Waals surface area contributed by atoms with Crippen molar-refractivity contribution in [1.82, 2.24) is 9.97 Å². The zero-order valence-electron chi connectivity index (χ0n) is 12.7. The fraction of sp³-hybridized carbons (Fsp3) is 0.0625. The van der Waals surface area contributed by atoms with Gasteiger partial charge >= 0.3 is 0 Å². The topological polar surface area (TPSA) is 93.3 Å². The summed E-state index contributed by atoms with van der Waals surface area (Å²) in [5.41, 5.74) is 6.35. The second-order valence-electron chi connectivity index (χ2n) is 4.89. The number of nitrogens with zero attached hydrogens (tertiary/aromatic N) is 4. The summed E-state index contributed by atoms with van der Waals surface area (Å²) in [5.74, 6) is 0. The van der Waals surface area contributed by atoms with Gasteiger partial charge in [0.25, 0.3) is 5.69 Å². The molecule has 120 valence electrons. The van der Waals surface area contributed by atoms with Gasteiger partial charge in [0.1, 0.15) is 0 Å². The monoisotopic (exact) mass is 339 g/mol. The highest BCUT2D eigenvalue weighted by atomic mass is 32.1. The van der Waals surface area contributed by atoms with Crippen LogP contribution in [0.25, 0.3) is 11.3 Å². The molecular formula is C16H13N5O2S. The maximum absolute atomic E-state index is 10.7. The maximum atomic E-state index is 10.7. The first kappa shape index (κ1) is 15.8. The molecule has 0 saturated carbocycles. The number of anilines is 1. The lowest BCUT2D eigenvalue weighted by molar-refractivity contribution is -0.384. The van der Waals surface area contributed by atoms with Crippen LogP contribution < -0.4 is 5.43 Å². The molecule has 1 aromatic carbocycles. The van der Waals surface area contributed by atoms with Gasteiger partial charge in [-0.25, -0.2) is 4.98 Å². The van der Waals surface area contributed by atoms with E-state index in [9.17, 15) is 10.1 Å². The van der Waals surface area contributed by atoms with Gasteiger partial charge in [0.2, 0.25) is 5.13 Å². The van der Waals surface area contributed by atoms with Crippen molar-refractivity contribution in [3.8, 4) is 11.3 Å². The Labute approximate surface area is 141 Å². The summed E-state index contributed by atoms with van der Waals surface area (Å²) >= 11 is 1.42. The number of aromatic nitrogens is 2. The molecule has 0 unspecified atom stereocenters. The number of nitro benzene ring substituents is 1. The molecule has 0 saturated heterocycles. The zero-order valence-corrected chi connectivity index (χ0v) is 13.5. The van der Waals surface area contributed by atoms with Crippen LogP contribution in [0.15, 0.2) is 59.3 Å². The summed E-state index contributed by atoms with van der Waals surface area (Å²) in [6, 6.07) is 10.1. The van der Waals surface area contributed by atoms with Gasteiger partial charge in [-0.3, -0.25) is 20.5 Å². The number of nitro groups is 1. The molecule has 2 heterocycles. The number of non-ortho nitro benzene ring substituents is 1. The van der Waals surface area contributed by atoms with Crippen LogP contribution in [0.4, 0.5) is 10.8 Å². The number of hydrazone groups is 1. The number of hydrogen-bond donors (Lipinski definition) is 1. The molecule has 8 heteroatoms. The van der Waals surface area contributed by atoms with Crippen molar-refractivity contribution < 1.29 is 4.92 Å². The maximum Gasteiger partial charge on any atom is 0.269 e. The molecule has 24 heavy (non-hydrogen) atoms. The number of thiazole rings is 1. The van der Waals surface area contributed by atoms with E-state index >= 15 is 0 Å². The Morgan fingerprint density at radius 1 is 1.21 bits per heavy atom. The van der Waals surface area contributed by atoms with Crippen LogP contribution in [0, 0.1) is 10.1 Å². The first-order chi connectivity index (χ1) is 11.6. The molecule has 0 amide bonds. The molecule has 1 N–H and O–H groups in total. The molecule has 3 aromatic rings. The number of hydrogen-bond acceptors (Lipinski definition) is 7. The summed E-state index contributed by atoms with van der Waals surface area (Å²) in [6.45, 7) is 1.90. The Balaban J connectivity index is 1.72. The van der Waals surface area contributed by atoms with Crippen LogP contribution in [0.1, 0.15) is 12.5 Å². The van der Waals surface area contributed by atoms with E-state index in [-0.39, 0.29) is 5.69 Å². The summed E-state index contributed by atoms with van der Waals surface area (Å²) in [5, 5.41) is 17.5. The molecule has 0 radical (unpaired) electrons. The fourth-order valence-corrected chi connectivity index (χ4v) is 2.66. The Kier molecular flexibility index (Phi) is 4.57. The number of pyridine rings is 1. The van der Waals surface area contributed by atoms with Gasteiger partial charge in [-0.05, 0) is 31.2 Å². The van der Waals surface area contributed by atoms with Crippen LogP contribution in [-0.4, -0.2) is 20.6 Å². The van der Waals surface area contributed by atoms with Crippen molar-refractivity contribution in [2.45, 2.75) is 6.92 Å². The van der Waals surface area contributed by atoms with E-state index in [0.29, 0.717) is 5.13 Å². The number of rotatable bonds is 5. The number of nitrogens with one attached hydrogen (secondary N) is 1. The second-order valence-corrected chi connectivity index (χ2v) is 5.74. The van der Waals surface area contributed by atoms with Gasteiger partial charge in [0.15, 0.2) is 0 Å². The van der Waals surface area contributed by atoms with Crippen LogP contribution in [0.3, 0.4) is 0 Å². The highest BCUT2D eigenvalue weighted by Crippen LogP contribution is 2.26. The van der Waals surface area contributed by atoms with E-state index in [1.165, 1.54) is 23.5 Å². The zero-order chi connectivity index (χ0) is 16.9. The lowest BCUT2D eigenvalue weighted by atomic mass is 10.1. The Morgan fingerprint density at radius 2 is 1.92 bits per heavy atom. The molecule has 0 aliphatic heterocycles. The predicted molar refractivity (Wildman–Crippen MR) is 94.3 cm³/mol. The minimum Gasteiger partial charge on any atom is -0.265 e. The first-order valence-corrected chi connectivity index (χ1v) is 7.92. The third-order valence-electron chi connectivity index (χ3n) is 3.30. The normalized spacial score (nSPS) is 11.3. The van der Waals surface area contributed by atoms with Crippen molar-refractivity contribution in [3.63, 3.8) is 0 Å². The molecule has 0 bridgehead atoms. The standard InChI is InChI=1S/C16H13N5O2S/c1-11(12-6-8-17-9-7-12)19-20-16-18-15(10-24-16)13-2-4-14(5-3-13)21(22)23/h2-10H,1H3,(H,18,20)/b19-11-. The minimum atomic E-state index is -0.422. The Hall–Kier alpha value is -3.13. The van der Waals surface area contributed by atoms with E-state index in [4.69, 9.17) is 0 Å². The van der Waals surface area contributed by atoms with Crippen molar-refractivity contribution in [1.29, 1.82) is 0 Å². The largest absolute Gasteiger partial charge is 0.269 e. The van der Waals surface area contributed by atoms with E-state index < -0.39 is 4.92 Å². The molecule has 7 nitrogen and oxygen atoms in total. The average Bonchev–Trinajstić information content (AvgIpc) is 3.09. The van der Waals surface area contributed by atoms with Gasteiger partial charge < -0.3 is 0 Å². The highest BCUT2D eigenvalue weighted by Gasteiger charge is 2.08. The quantitative estimate of drug-likeness (QED) is 0.431. The van der Waals surface area contributed by atoms with E-state index in [1.807, 2.05) is 24.4 Å². The van der Waals surface area contributed by atoms with Crippen LogP contribution in [0.2, 0.25) is 0 Å². The van der Waals surface area contributed by atoms with Crippen LogP contribution >= 0.6 is 11.3 Å². The first-order valence-electron chi connectivity index (χ1n) is 7.04. The van der Waals surface area contributed by atoms with E-state index in [1.54, 1.807) is 24.5 Å². The molecule has 0 aliphatic rings. The van der Waals surface area contributed by atoms with E-state index in [0.717, 1.165) is 22.5 Å². The van der Waals surface area contributed by atoms with Crippen molar-refractivity contribution in [3.05, 3.63) is 69.8 Å². The van der Waals surface area contributed by atoms with Crippen molar-refractivity contribution in [2.24, 2.45) is 5.10 Å². The van der Waals surface area contributed by atoms with Gasteiger partial charge in [-0.2, -0.15) is 5.10 Å². The van der Waals surface area contributed by atoms with Crippen molar-refractivity contribution in [2.75, 3.05) is 5.43 Å². The van der Waals surface area contributed by atoms with Crippen LogP contribution in [0.5, 0.6) is 0 Å². The summed E-state index contributed by atoms with van der Waals surface area (Å²) < 4.78 is 0. The third kappa shape index (κ3) is 3.61. The second kappa shape index (κ2) is 6.97. The van der Waals surface area contributed by atoms with Gasteiger partial charge in [-0.15, -0.1) is 11.3 Å². The smallest absolute Gasteiger partial charge is 0.265 e. The molecule has 3 rings (SSSR count). The molecule has 2 aromatic heterocycles. The Bertz CT molecular complexity index is 875. The SMILES string of the molecule is C/C(=N/Nc1nc(-c2ccc([N+](=O)[O-])cc2)cs1)c1ccncc1. The van der Waals surface area contributed by atoms with Gasteiger partial charge in [0, 0.05) is 41.0 Å². The summed E-state index contributed by atoms with van der Waals surface area (Å²) in [6.07, 6.45) is 3.43. The van der Waals surface area contributed by atoms with E-state index in [2.05, 4.69) is 20.5 Å². The Morgan fingerprint density at radius 3 is 2.58 bits per heavy atom.